The summed E-state index contributed by atoms with van der Waals surface area (Å²) in [4.78, 5) is 7.52. The highest BCUT2D eigenvalue weighted by molar-refractivity contribution is 5.73. The normalized spacial score (nSPS) is 12.0. The highest BCUT2D eigenvalue weighted by Crippen LogP contribution is 2.05. The van der Waals surface area contributed by atoms with Crippen LogP contribution in [0.5, 0.6) is 0 Å². The topological polar surface area (TPSA) is 24.7 Å². The molecule has 0 aromatic heterocycles. The van der Waals surface area contributed by atoms with Gasteiger partial charge in [0.05, 0.1) is 5.70 Å². The molecule has 0 amide bonds. The molecule has 0 atom stereocenters. The first-order chi connectivity index (χ1) is 4.72. The molecule has 0 aromatic rings. The first-order valence-electron chi connectivity index (χ1n) is 2.97. The van der Waals surface area contributed by atoms with Crippen molar-refractivity contribution in [2.24, 2.45) is 9.98 Å². The van der Waals surface area contributed by atoms with Crippen LogP contribution in [0.2, 0.25) is 0 Å². The molecular weight excluding hydrogens is 124 g/mol. The van der Waals surface area contributed by atoms with E-state index >= 15 is 0 Å². The van der Waals surface area contributed by atoms with Gasteiger partial charge in [0, 0.05) is 13.3 Å². The maximum Gasteiger partial charge on any atom is 0.0660 e. The smallest absolute Gasteiger partial charge is 0.0660 e. The predicted molar refractivity (Wildman–Crippen MR) is 46.9 cm³/mol. The lowest BCUT2D eigenvalue weighted by Crippen LogP contribution is -1.78. The minimum Gasteiger partial charge on any atom is -0.296 e. The lowest BCUT2D eigenvalue weighted by molar-refractivity contribution is 1.32. The van der Waals surface area contributed by atoms with Gasteiger partial charge in [0.25, 0.3) is 0 Å². The Bertz CT molecular complexity index is 187. The first kappa shape index (κ1) is 8.82. The highest BCUT2D eigenvalue weighted by atomic mass is 14.7. The van der Waals surface area contributed by atoms with Gasteiger partial charge in [-0.25, -0.2) is 0 Å². The van der Waals surface area contributed by atoms with E-state index in [9.17, 15) is 0 Å². The van der Waals surface area contributed by atoms with E-state index in [0.717, 1.165) is 11.3 Å². The van der Waals surface area contributed by atoms with Gasteiger partial charge in [-0.2, -0.15) is 0 Å². The summed E-state index contributed by atoms with van der Waals surface area (Å²) in [6, 6.07) is 0. The van der Waals surface area contributed by atoms with Crippen molar-refractivity contribution in [3.05, 3.63) is 23.9 Å². The summed E-state index contributed by atoms with van der Waals surface area (Å²) in [5.74, 6) is 0. The molecule has 2 nitrogen and oxygen atoms in total. The molecule has 54 valence electrons. The van der Waals surface area contributed by atoms with Crippen LogP contribution in [-0.4, -0.2) is 20.0 Å². The molecule has 2 heteroatoms. The zero-order chi connectivity index (χ0) is 7.98. The number of hydrogen-bond donors (Lipinski definition) is 0. The van der Waals surface area contributed by atoms with E-state index in [-0.39, 0.29) is 0 Å². The molecule has 0 aliphatic carbocycles. The average Bonchev–Trinajstić information content (AvgIpc) is 1.89. The Kier molecular flexibility index (Phi) is 4.12. The van der Waals surface area contributed by atoms with Crippen molar-refractivity contribution < 1.29 is 0 Å². The maximum absolute atomic E-state index is 3.78. The molecule has 0 heterocycles. The summed E-state index contributed by atoms with van der Waals surface area (Å²) in [5, 5.41) is 0. The lowest BCUT2D eigenvalue weighted by atomic mass is 10.2. The minimum atomic E-state index is 0.783. The van der Waals surface area contributed by atoms with Crippen LogP contribution >= 0.6 is 0 Å². The van der Waals surface area contributed by atoms with Crippen LogP contribution in [0.1, 0.15) is 6.92 Å². The van der Waals surface area contributed by atoms with Gasteiger partial charge in [-0.05, 0) is 25.3 Å². The molecule has 0 aliphatic rings. The third-order valence-electron chi connectivity index (χ3n) is 0.989. The van der Waals surface area contributed by atoms with E-state index in [4.69, 9.17) is 0 Å². The zero-order valence-electron chi connectivity index (χ0n) is 6.46. The molecule has 0 bridgehead atoms. The molecule has 0 fully saturated rings. The van der Waals surface area contributed by atoms with Crippen molar-refractivity contribution in [2.75, 3.05) is 7.05 Å². The molecule has 0 aromatic carbocycles. The number of allylic oxidation sites excluding steroid dienone is 2. The number of hydrogen-bond acceptors (Lipinski definition) is 2. The average molecular weight is 136 g/mol. The van der Waals surface area contributed by atoms with Gasteiger partial charge in [-0.3, -0.25) is 9.98 Å². The Hall–Kier alpha value is -1.18. The Morgan fingerprint density at radius 2 is 2.10 bits per heavy atom. The van der Waals surface area contributed by atoms with Gasteiger partial charge >= 0.3 is 0 Å². The fraction of sp³-hybridized carbons (Fsp3) is 0.250. The Labute approximate surface area is 61.7 Å². The van der Waals surface area contributed by atoms with E-state index in [0.29, 0.717) is 0 Å². The summed E-state index contributed by atoms with van der Waals surface area (Å²) >= 11 is 0. The van der Waals surface area contributed by atoms with Gasteiger partial charge in [0.1, 0.15) is 0 Å². The summed E-state index contributed by atoms with van der Waals surface area (Å²) in [5.41, 5.74) is 1.68. The molecular formula is C8H12N2. The fourth-order valence-electron chi connectivity index (χ4n) is 0.475. The second-order valence-corrected chi connectivity index (χ2v) is 1.90. The zero-order valence-corrected chi connectivity index (χ0v) is 6.46. The van der Waals surface area contributed by atoms with Crippen molar-refractivity contribution in [2.45, 2.75) is 6.92 Å². The minimum absolute atomic E-state index is 0.783. The molecule has 0 saturated carbocycles. The Balaban J connectivity index is 4.33. The van der Waals surface area contributed by atoms with Crippen LogP contribution in [0.4, 0.5) is 0 Å². The number of rotatable bonds is 3. The Morgan fingerprint density at radius 3 is 2.40 bits per heavy atom. The summed E-state index contributed by atoms with van der Waals surface area (Å²) in [6.07, 6.45) is 3.44. The van der Waals surface area contributed by atoms with Crippen molar-refractivity contribution >= 4 is 12.9 Å². The molecule has 0 rings (SSSR count). The number of aliphatic imine (C=N–C) groups is 2. The second kappa shape index (κ2) is 4.68. The van der Waals surface area contributed by atoms with Gasteiger partial charge in [0.2, 0.25) is 0 Å². The summed E-state index contributed by atoms with van der Waals surface area (Å²) in [6.45, 7) is 8.99. The molecule has 0 unspecified atom stereocenters. The van der Waals surface area contributed by atoms with Crippen LogP contribution in [0.15, 0.2) is 33.9 Å². The van der Waals surface area contributed by atoms with Gasteiger partial charge < -0.3 is 0 Å². The predicted octanol–water partition coefficient (Wildman–Crippen LogP) is 1.85. The molecule has 0 aliphatic heterocycles. The van der Waals surface area contributed by atoms with Crippen LogP contribution in [0.25, 0.3) is 0 Å². The van der Waals surface area contributed by atoms with Crippen LogP contribution in [-0.2, 0) is 0 Å². The Morgan fingerprint density at radius 1 is 1.50 bits per heavy atom. The van der Waals surface area contributed by atoms with Crippen LogP contribution in [0.3, 0.4) is 0 Å². The maximum atomic E-state index is 3.78. The largest absolute Gasteiger partial charge is 0.296 e. The van der Waals surface area contributed by atoms with Crippen molar-refractivity contribution in [3.63, 3.8) is 0 Å². The standard InChI is InChI=1S/C8H12N2/c1-7(2)8(10-4)5-6-9-3/h5-6H,1,4H2,2-3H3/b8-5+,9-6?. The molecule has 0 spiro atoms. The van der Waals surface area contributed by atoms with Crippen molar-refractivity contribution in [1.82, 2.24) is 0 Å². The summed E-state index contributed by atoms with van der Waals surface area (Å²) in [7, 11) is 1.70. The third kappa shape index (κ3) is 2.97. The SMILES string of the molecule is C=N/C(=C/C=NC)C(=C)C. The van der Waals surface area contributed by atoms with Crippen molar-refractivity contribution in [1.29, 1.82) is 0 Å². The molecule has 10 heavy (non-hydrogen) atoms. The van der Waals surface area contributed by atoms with Crippen molar-refractivity contribution in [3.8, 4) is 0 Å². The van der Waals surface area contributed by atoms with Gasteiger partial charge in [-0.15, -0.1) is 0 Å². The van der Waals surface area contributed by atoms with E-state index in [1.807, 2.05) is 6.92 Å². The summed E-state index contributed by atoms with van der Waals surface area (Å²) < 4.78 is 0. The van der Waals surface area contributed by atoms with Gasteiger partial charge in [-0.1, -0.05) is 6.58 Å². The second-order valence-electron chi connectivity index (χ2n) is 1.90. The molecule has 0 N–H and O–H groups in total. The van der Waals surface area contributed by atoms with Crippen LogP contribution in [0, 0.1) is 0 Å². The lowest BCUT2D eigenvalue weighted by Gasteiger charge is -1.94. The van der Waals surface area contributed by atoms with E-state index in [1.54, 1.807) is 19.3 Å². The molecule has 0 saturated heterocycles. The van der Waals surface area contributed by atoms with E-state index in [1.165, 1.54) is 0 Å². The fourth-order valence-corrected chi connectivity index (χ4v) is 0.475. The number of nitrogens with zero attached hydrogens (tertiary/aromatic N) is 2. The van der Waals surface area contributed by atoms with E-state index < -0.39 is 0 Å². The highest BCUT2D eigenvalue weighted by Gasteiger charge is 1.88. The quantitative estimate of drug-likeness (QED) is 0.418. The van der Waals surface area contributed by atoms with Gasteiger partial charge in [0.15, 0.2) is 0 Å². The first-order valence-corrected chi connectivity index (χ1v) is 2.97. The third-order valence-corrected chi connectivity index (χ3v) is 0.989. The van der Waals surface area contributed by atoms with Crippen LogP contribution < -0.4 is 0 Å². The van der Waals surface area contributed by atoms with E-state index in [2.05, 4.69) is 23.3 Å². The molecule has 0 radical (unpaired) electrons. The monoisotopic (exact) mass is 136 g/mol.